The molecule has 0 atom stereocenters. The molecule has 0 aliphatic rings. The summed E-state index contributed by atoms with van der Waals surface area (Å²) in [5.41, 5.74) is 3.03. The standard InChI is InChI=1S/C19H25N/c1-5-13-20-14-12-15-10-11-18(19(2,3)4)17-9-7-6-8-16(15)17/h5-11,13,20H,12,14H2,1-4H3/b13-5-. The lowest BCUT2D eigenvalue weighted by atomic mass is 9.82. The van der Waals surface area contributed by atoms with Crippen molar-refractivity contribution in [2.75, 3.05) is 6.54 Å². The molecule has 0 saturated carbocycles. The van der Waals surface area contributed by atoms with Gasteiger partial charge in [0.2, 0.25) is 0 Å². The Morgan fingerprint density at radius 2 is 1.70 bits per heavy atom. The molecular weight excluding hydrogens is 242 g/mol. The van der Waals surface area contributed by atoms with Gasteiger partial charge in [-0.2, -0.15) is 0 Å². The van der Waals surface area contributed by atoms with Gasteiger partial charge in [0, 0.05) is 6.54 Å². The SMILES string of the molecule is C/C=C\NCCc1ccc(C(C)(C)C)c2ccccc12. The summed E-state index contributed by atoms with van der Waals surface area (Å²) in [4.78, 5) is 0. The minimum Gasteiger partial charge on any atom is -0.391 e. The van der Waals surface area contributed by atoms with Gasteiger partial charge in [-0.1, -0.05) is 63.2 Å². The minimum atomic E-state index is 0.182. The van der Waals surface area contributed by atoms with E-state index in [9.17, 15) is 0 Å². The smallest absolute Gasteiger partial charge is 0.0182 e. The largest absolute Gasteiger partial charge is 0.391 e. The number of rotatable bonds is 4. The van der Waals surface area contributed by atoms with E-state index in [1.807, 2.05) is 19.2 Å². The molecule has 0 aromatic heterocycles. The maximum Gasteiger partial charge on any atom is 0.0182 e. The van der Waals surface area contributed by atoms with Crippen molar-refractivity contribution in [3.8, 4) is 0 Å². The first kappa shape index (κ1) is 14.6. The van der Waals surface area contributed by atoms with Gasteiger partial charge in [-0.25, -0.2) is 0 Å². The van der Waals surface area contributed by atoms with Crippen LogP contribution in [0.3, 0.4) is 0 Å². The Hall–Kier alpha value is -1.76. The van der Waals surface area contributed by atoms with Gasteiger partial charge in [0.25, 0.3) is 0 Å². The highest BCUT2D eigenvalue weighted by Gasteiger charge is 2.17. The molecule has 0 heterocycles. The summed E-state index contributed by atoms with van der Waals surface area (Å²) in [6, 6.07) is 13.4. The predicted octanol–water partition coefficient (Wildman–Crippen LogP) is 4.80. The number of allylic oxidation sites excluding steroid dienone is 1. The predicted molar refractivity (Wildman–Crippen MR) is 89.2 cm³/mol. The van der Waals surface area contributed by atoms with Crippen molar-refractivity contribution in [2.45, 2.75) is 39.5 Å². The average molecular weight is 267 g/mol. The fraction of sp³-hybridized carbons (Fsp3) is 0.368. The van der Waals surface area contributed by atoms with E-state index >= 15 is 0 Å². The van der Waals surface area contributed by atoms with Crippen molar-refractivity contribution in [2.24, 2.45) is 0 Å². The Balaban J connectivity index is 2.39. The van der Waals surface area contributed by atoms with E-state index in [1.165, 1.54) is 21.9 Å². The van der Waals surface area contributed by atoms with Crippen molar-refractivity contribution < 1.29 is 0 Å². The fourth-order valence-electron chi connectivity index (χ4n) is 2.64. The lowest BCUT2D eigenvalue weighted by Gasteiger charge is -2.22. The van der Waals surface area contributed by atoms with Crippen molar-refractivity contribution in [1.82, 2.24) is 5.32 Å². The molecule has 2 aromatic rings. The summed E-state index contributed by atoms with van der Waals surface area (Å²) in [5, 5.41) is 6.10. The zero-order valence-corrected chi connectivity index (χ0v) is 13.0. The van der Waals surface area contributed by atoms with Gasteiger partial charge in [0.1, 0.15) is 0 Å². The van der Waals surface area contributed by atoms with Gasteiger partial charge in [0.05, 0.1) is 0 Å². The molecule has 0 amide bonds. The molecule has 2 rings (SSSR count). The van der Waals surface area contributed by atoms with Gasteiger partial charge >= 0.3 is 0 Å². The molecule has 0 aliphatic carbocycles. The van der Waals surface area contributed by atoms with E-state index in [1.54, 1.807) is 0 Å². The zero-order chi connectivity index (χ0) is 14.6. The Morgan fingerprint density at radius 1 is 1.00 bits per heavy atom. The molecule has 1 heteroatoms. The van der Waals surface area contributed by atoms with Crippen LogP contribution >= 0.6 is 0 Å². The number of fused-ring (bicyclic) bond motifs is 1. The van der Waals surface area contributed by atoms with E-state index in [-0.39, 0.29) is 5.41 Å². The Bertz CT molecular complexity index is 603. The van der Waals surface area contributed by atoms with Gasteiger partial charge in [-0.05, 0) is 46.9 Å². The van der Waals surface area contributed by atoms with Gasteiger partial charge in [0.15, 0.2) is 0 Å². The summed E-state index contributed by atoms with van der Waals surface area (Å²) < 4.78 is 0. The van der Waals surface area contributed by atoms with Crippen LogP contribution < -0.4 is 5.32 Å². The van der Waals surface area contributed by atoms with Crippen molar-refractivity contribution in [3.63, 3.8) is 0 Å². The molecule has 0 fully saturated rings. The molecule has 2 aromatic carbocycles. The van der Waals surface area contributed by atoms with E-state index in [0.29, 0.717) is 0 Å². The van der Waals surface area contributed by atoms with Crippen molar-refractivity contribution >= 4 is 10.8 Å². The van der Waals surface area contributed by atoms with Crippen LogP contribution in [-0.4, -0.2) is 6.54 Å². The molecule has 0 radical (unpaired) electrons. The molecule has 1 nitrogen and oxygen atoms in total. The highest BCUT2D eigenvalue weighted by atomic mass is 14.8. The molecular formula is C19H25N. The number of hydrogen-bond donors (Lipinski definition) is 1. The van der Waals surface area contributed by atoms with Crippen LogP contribution in [0.15, 0.2) is 48.7 Å². The quantitative estimate of drug-likeness (QED) is 0.784. The number of benzene rings is 2. The maximum absolute atomic E-state index is 3.31. The minimum absolute atomic E-state index is 0.182. The zero-order valence-electron chi connectivity index (χ0n) is 13.0. The van der Waals surface area contributed by atoms with Crippen LogP contribution in [0.4, 0.5) is 0 Å². The van der Waals surface area contributed by atoms with Crippen LogP contribution in [0.5, 0.6) is 0 Å². The summed E-state index contributed by atoms with van der Waals surface area (Å²) in [5.74, 6) is 0. The number of nitrogens with one attached hydrogen (secondary N) is 1. The van der Waals surface area contributed by atoms with Crippen LogP contribution in [-0.2, 0) is 11.8 Å². The third kappa shape index (κ3) is 3.22. The van der Waals surface area contributed by atoms with Gasteiger partial charge in [-0.15, -0.1) is 0 Å². The Kier molecular flexibility index (Phi) is 4.49. The molecule has 0 unspecified atom stereocenters. The Morgan fingerprint density at radius 3 is 2.35 bits per heavy atom. The molecule has 0 spiro atoms. The summed E-state index contributed by atoms with van der Waals surface area (Å²) >= 11 is 0. The second kappa shape index (κ2) is 6.13. The molecule has 0 aliphatic heterocycles. The monoisotopic (exact) mass is 267 g/mol. The normalized spacial score (nSPS) is 12.2. The molecule has 20 heavy (non-hydrogen) atoms. The van der Waals surface area contributed by atoms with E-state index in [2.05, 4.69) is 62.5 Å². The van der Waals surface area contributed by atoms with Gasteiger partial charge in [-0.3, -0.25) is 0 Å². The summed E-state index contributed by atoms with van der Waals surface area (Å²) in [6.45, 7) is 9.84. The number of hydrogen-bond acceptors (Lipinski definition) is 1. The lowest BCUT2D eigenvalue weighted by Crippen LogP contribution is -2.13. The van der Waals surface area contributed by atoms with Crippen molar-refractivity contribution in [1.29, 1.82) is 0 Å². The summed E-state index contributed by atoms with van der Waals surface area (Å²) in [6.07, 6.45) is 5.09. The first-order chi connectivity index (χ1) is 9.54. The fourth-order valence-corrected chi connectivity index (χ4v) is 2.64. The second-order valence-electron chi connectivity index (χ2n) is 6.27. The molecule has 1 N–H and O–H groups in total. The topological polar surface area (TPSA) is 12.0 Å². The summed E-state index contributed by atoms with van der Waals surface area (Å²) in [7, 11) is 0. The van der Waals surface area contributed by atoms with Crippen LogP contribution in [0, 0.1) is 0 Å². The van der Waals surface area contributed by atoms with Crippen LogP contribution in [0.25, 0.3) is 10.8 Å². The van der Waals surface area contributed by atoms with Crippen LogP contribution in [0.1, 0.15) is 38.8 Å². The van der Waals surface area contributed by atoms with E-state index in [0.717, 1.165) is 13.0 Å². The highest BCUT2D eigenvalue weighted by molar-refractivity contribution is 5.89. The van der Waals surface area contributed by atoms with Gasteiger partial charge < -0.3 is 5.32 Å². The highest BCUT2D eigenvalue weighted by Crippen LogP contribution is 2.31. The molecule has 0 saturated heterocycles. The second-order valence-corrected chi connectivity index (χ2v) is 6.27. The maximum atomic E-state index is 3.31. The third-order valence-corrected chi connectivity index (χ3v) is 3.65. The first-order valence-corrected chi connectivity index (χ1v) is 7.39. The van der Waals surface area contributed by atoms with E-state index < -0.39 is 0 Å². The molecule has 0 bridgehead atoms. The van der Waals surface area contributed by atoms with E-state index in [4.69, 9.17) is 0 Å². The average Bonchev–Trinajstić information content (AvgIpc) is 2.42. The molecule has 106 valence electrons. The third-order valence-electron chi connectivity index (χ3n) is 3.65. The first-order valence-electron chi connectivity index (χ1n) is 7.39. The Labute approximate surface area is 122 Å². The van der Waals surface area contributed by atoms with Crippen molar-refractivity contribution in [3.05, 3.63) is 59.8 Å². The van der Waals surface area contributed by atoms with Crippen LogP contribution in [0.2, 0.25) is 0 Å². The lowest BCUT2D eigenvalue weighted by molar-refractivity contribution is 0.595.